The molecule has 3 aromatic carbocycles. The third kappa shape index (κ3) is 3.74. The third-order valence-corrected chi connectivity index (χ3v) is 7.91. The Morgan fingerprint density at radius 3 is 2.66 bits per heavy atom. The van der Waals surface area contributed by atoms with Gasteiger partial charge in [0.05, 0.1) is 27.2 Å². The van der Waals surface area contributed by atoms with Gasteiger partial charge in [0.25, 0.3) is 0 Å². The first-order valence-corrected chi connectivity index (χ1v) is 12.0. The van der Waals surface area contributed by atoms with Crippen molar-refractivity contribution in [2.45, 2.75) is 18.7 Å². The summed E-state index contributed by atoms with van der Waals surface area (Å²) in [7, 11) is 1.88. The van der Waals surface area contributed by atoms with Gasteiger partial charge in [-0.2, -0.15) is 0 Å². The van der Waals surface area contributed by atoms with E-state index in [1.807, 2.05) is 55.6 Å². The molecule has 1 aromatic heterocycles. The summed E-state index contributed by atoms with van der Waals surface area (Å²) >= 11 is 14.4. The molecule has 0 bridgehead atoms. The van der Waals surface area contributed by atoms with Crippen LogP contribution in [0.4, 0.5) is 5.69 Å². The standard InChI is InChI=1S/C25H22Cl2N2O2S/c1-28-22-17-9-4-8-15(14-7-5-10-18(26)21(14)27)23(17)32-24(22)25(30)29-19-12-13-31-20-11-3-2-6-16(19)20/h2-11,19,25,28-30H,12-13H2,1H3/t19-,25?/m0/s1. The van der Waals surface area contributed by atoms with Gasteiger partial charge < -0.3 is 15.2 Å². The quantitative estimate of drug-likeness (QED) is 0.266. The average Bonchev–Trinajstić information content (AvgIpc) is 3.20. The van der Waals surface area contributed by atoms with E-state index in [0.29, 0.717) is 16.7 Å². The molecule has 0 fully saturated rings. The van der Waals surface area contributed by atoms with Gasteiger partial charge in [-0.05, 0) is 12.1 Å². The molecule has 0 amide bonds. The number of para-hydroxylation sites is 1. The molecule has 0 radical (unpaired) electrons. The molecule has 3 N–H and O–H groups in total. The number of benzene rings is 3. The van der Waals surface area contributed by atoms with Gasteiger partial charge in [0.1, 0.15) is 12.0 Å². The van der Waals surface area contributed by atoms with Crippen LogP contribution in [0.2, 0.25) is 10.0 Å². The Morgan fingerprint density at radius 1 is 1.03 bits per heavy atom. The van der Waals surface area contributed by atoms with Crippen molar-refractivity contribution in [2.24, 2.45) is 0 Å². The highest BCUT2D eigenvalue weighted by atomic mass is 35.5. The molecule has 1 aliphatic rings. The van der Waals surface area contributed by atoms with E-state index in [4.69, 9.17) is 27.9 Å². The summed E-state index contributed by atoms with van der Waals surface area (Å²) in [5, 5.41) is 20.0. The molecular weight excluding hydrogens is 463 g/mol. The topological polar surface area (TPSA) is 53.5 Å². The highest BCUT2D eigenvalue weighted by Crippen LogP contribution is 2.46. The second-order valence-electron chi connectivity index (χ2n) is 7.67. The van der Waals surface area contributed by atoms with Gasteiger partial charge in [0, 0.05) is 46.3 Å². The molecule has 0 spiro atoms. The van der Waals surface area contributed by atoms with Crippen LogP contribution in [-0.2, 0) is 0 Å². The van der Waals surface area contributed by atoms with E-state index >= 15 is 0 Å². The first-order chi connectivity index (χ1) is 15.6. The number of fused-ring (bicyclic) bond motifs is 2. The molecule has 7 heteroatoms. The van der Waals surface area contributed by atoms with Crippen molar-refractivity contribution in [3.8, 4) is 16.9 Å². The summed E-state index contributed by atoms with van der Waals surface area (Å²) in [6.45, 7) is 0.615. The lowest BCUT2D eigenvalue weighted by molar-refractivity contribution is 0.114. The minimum absolute atomic E-state index is 0.00622. The highest BCUT2D eigenvalue weighted by molar-refractivity contribution is 7.20. The monoisotopic (exact) mass is 484 g/mol. The molecule has 4 aromatic rings. The Labute approximate surface area is 200 Å². The Morgan fingerprint density at radius 2 is 1.81 bits per heavy atom. The molecule has 1 aliphatic heterocycles. The molecule has 2 atom stereocenters. The Balaban J connectivity index is 1.56. The SMILES string of the molecule is CNc1c(C(O)N[C@H]2CCOc3ccccc32)sc2c(-c3cccc(Cl)c3Cl)cccc12. The summed E-state index contributed by atoms with van der Waals surface area (Å²) in [6, 6.07) is 19.7. The van der Waals surface area contributed by atoms with E-state index in [0.717, 1.165) is 49.5 Å². The van der Waals surface area contributed by atoms with E-state index in [1.165, 1.54) is 0 Å². The van der Waals surface area contributed by atoms with Crippen LogP contribution in [0.5, 0.6) is 5.75 Å². The van der Waals surface area contributed by atoms with E-state index in [1.54, 1.807) is 17.4 Å². The smallest absolute Gasteiger partial charge is 0.142 e. The zero-order chi connectivity index (χ0) is 22.2. The minimum atomic E-state index is -0.839. The molecule has 2 heterocycles. The number of nitrogens with one attached hydrogen (secondary N) is 2. The van der Waals surface area contributed by atoms with E-state index in [2.05, 4.69) is 16.7 Å². The number of aliphatic hydroxyl groups is 1. The van der Waals surface area contributed by atoms with Crippen LogP contribution >= 0.6 is 34.5 Å². The van der Waals surface area contributed by atoms with Crippen molar-refractivity contribution in [3.63, 3.8) is 0 Å². The van der Waals surface area contributed by atoms with Gasteiger partial charge in [0.15, 0.2) is 0 Å². The number of ether oxygens (including phenoxy) is 1. The summed E-state index contributed by atoms with van der Waals surface area (Å²) in [6.07, 6.45) is -0.0503. The van der Waals surface area contributed by atoms with Crippen LogP contribution in [0.25, 0.3) is 21.2 Å². The van der Waals surface area contributed by atoms with Crippen molar-refractivity contribution in [1.82, 2.24) is 5.32 Å². The number of halogens is 2. The molecule has 4 nitrogen and oxygen atoms in total. The fourth-order valence-electron chi connectivity index (χ4n) is 4.29. The lowest BCUT2D eigenvalue weighted by Gasteiger charge is -2.28. The van der Waals surface area contributed by atoms with Gasteiger partial charge in [-0.1, -0.05) is 71.7 Å². The number of aliphatic hydroxyl groups excluding tert-OH is 1. The maximum atomic E-state index is 11.2. The zero-order valence-electron chi connectivity index (χ0n) is 17.4. The maximum Gasteiger partial charge on any atom is 0.142 e. The Kier molecular flexibility index (Phi) is 6.01. The van der Waals surface area contributed by atoms with Crippen LogP contribution in [-0.4, -0.2) is 18.8 Å². The lowest BCUT2D eigenvalue weighted by atomic mass is 10.0. The predicted octanol–water partition coefficient (Wildman–Crippen LogP) is 7.02. The number of hydrogen-bond donors (Lipinski definition) is 3. The average molecular weight is 485 g/mol. The normalized spacial score (nSPS) is 16.4. The van der Waals surface area contributed by atoms with Gasteiger partial charge in [-0.25, -0.2) is 0 Å². The molecule has 0 saturated heterocycles. The van der Waals surface area contributed by atoms with Crippen molar-refractivity contribution in [1.29, 1.82) is 0 Å². The second kappa shape index (κ2) is 8.93. The number of hydrogen-bond acceptors (Lipinski definition) is 5. The van der Waals surface area contributed by atoms with Gasteiger partial charge in [-0.15, -0.1) is 11.3 Å². The summed E-state index contributed by atoms with van der Waals surface area (Å²) < 4.78 is 6.81. The van der Waals surface area contributed by atoms with Gasteiger partial charge in [0.2, 0.25) is 0 Å². The summed E-state index contributed by atoms with van der Waals surface area (Å²) in [5.41, 5.74) is 3.84. The predicted molar refractivity (Wildman–Crippen MR) is 134 cm³/mol. The van der Waals surface area contributed by atoms with Crippen molar-refractivity contribution in [3.05, 3.63) is 81.1 Å². The molecule has 5 rings (SSSR count). The van der Waals surface area contributed by atoms with Crippen LogP contribution in [0.15, 0.2) is 60.7 Å². The van der Waals surface area contributed by atoms with E-state index < -0.39 is 6.23 Å². The Hall–Kier alpha value is -2.28. The van der Waals surface area contributed by atoms with Crippen molar-refractivity contribution < 1.29 is 9.84 Å². The van der Waals surface area contributed by atoms with Crippen LogP contribution < -0.4 is 15.4 Å². The molecule has 1 unspecified atom stereocenters. The third-order valence-electron chi connectivity index (χ3n) is 5.80. The molecule has 164 valence electrons. The zero-order valence-corrected chi connectivity index (χ0v) is 19.7. The van der Waals surface area contributed by atoms with Crippen LogP contribution in [0, 0.1) is 0 Å². The molecule has 0 saturated carbocycles. The van der Waals surface area contributed by atoms with E-state index in [9.17, 15) is 5.11 Å². The molecule has 0 aliphatic carbocycles. The number of rotatable bonds is 5. The minimum Gasteiger partial charge on any atom is -0.493 e. The second-order valence-corrected chi connectivity index (χ2v) is 9.51. The maximum absolute atomic E-state index is 11.2. The van der Waals surface area contributed by atoms with Gasteiger partial charge in [-0.3, -0.25) is 5.32 Å². The number of thiophene rings is 1. The lowest BCUT2D eigenvalue weighted by Crippen LogP contribution is -2.30. The van der Waals surface area contributed by atoms with Crippen LogP contribution in [0.3, 0.4) is 0 Å². The van der Waals surface area contributed by atoms with Crippen LogP contribution in [0.1, 0.15) is 29.1 Å². The van der Waals surface area contributed by atoms with E-state index in [-0.39, 0.29) is 6.04 Å². The fourth-order valence-corrected chi connectivity index (χ4v) is 5.98. The summed E-state index contributed by atoms with van der Waals surface area (Å²) in [4.78, 5) is 0.831. The number of anilines is 1. The summed E-state index contributed by atoms with van der Waals surface area (Å²) in [5.74, 6) is 0.867. The molecule has 32 heavy (non-hydrogen) atoms. The first-order valence-electron chi connectivity index (χ1n) is 10.4. The highest BCUT2D eigenvalue weighted by Gasteiger charge is 2.27. The van der Waals surface area contributed by atoms with Crippen molar-refractivity contribution in [2.75, 3.05) is 19.0 Å². The fraction of sp³-hybridized carbons (Fsp3) is 0.200. The largest absolute Gasteiger partial charge is 0.493 e. The Bertz CT molecular complexity index is 1290. The van der Waals surface area contributed by atoms with Crippen molar-refractivity contribution >= 4 is 50.3 Å². The first kappa shape index (κ1) is 21.6. The van der Waals surface area contributed by atoms with Gasteiger partial charge >= 0.3 is 0 Å². The molecular formula is C25H22Cl2N2O2S.